The molecule has 0 N–H and O–H groups in total. The maximum absolute atomic E-state index is 12.5. The lowest BCUT2D eigenvalue weighted by Gasteiger charge is -2.40. The number of hydrogen-bond donors (Lipinski definition) is 0. The molecule has 0 bridgehead atoms. The van der Waals surface area contributed by atoms with Gasteiger partial charge in [-0.25, -0.2) is 0 Å². The summed E-state index contributed by atoms with van der Waals surface area (Å²) in [5.74, 6) is -0.775. The Balaban J connectivity index is 1.23. The minimum Gasteiger partial charge on any atom is -0.466 e. The summed E-state index contributed by atoms with van der Waals surface area (Å²) in [5, 5.41) is 0. The number of carbonyl (C=O) groups is 1. The Morgan fingerprint density at radius 3 is 1.92 bits per heavy atom. The number of hydrogen-bond acceptors (Lipinski definition) is 12. The van der Waals surface area contributed by atoms with E-state index in [0.29, 0.717) is 71.4 Å². The third kappa shape index (κ3) is 16.4. The number of anilines is 1. The fraction of sp³-hybridized carbons (Fsp3) is 0.594. The molecule has 3 rings (SSSR count). The second-order valence-corrected chi connectivity index (χ2v) is 12.3. The number of carbonyl (C=O) groups excluding carboxylic acids is 1. The Hall–Kier alpha value is -2.99. The van der Waals surface area contributed by atoms with Gasteiger partial charge in [-0.1, -0.05) is 30.3 Å². The number of halogens is 3. The van der Waals surface area contributed by atoms with Crippen LogP contribution in [-0.2, 0) is 48.5 Å². The van der Waals surface area contributed by atoms with Crippen molar-refractivity contribution in [3.8, 4) is 5.75 Å². The molecule has 0 saturated carbocycles. The van der Waals surface area contributed by atoms with Crippen molar-refractivity contribution in [2.24, 2.45) is 0 Å². The standard InChI is InChI=1S/C32H45F3N2O10S/c1-2-45-31(38)24-29(37-14-12-36(13-15-37)28-8-10-30(11-9-28)47-32(33,34)35)25-44-21-20-42-17-16-41-18-19-43-22-23-46-48(39,40)26-27-6-4-3-5-7-27/h3-11,29H,2,12-26H2,1H3. The maximum atomic E-state index is 12.5. The van der Waals surface area contributed by atoms with Crippen molar-refractivity contribution >= 4 is 21.8 Å². The molecular formula is C32H45F3N2O10S. The molecule has 0 radical (unpaired) electrons. The summed E-state index contributed by atoms with van der Waals surface area (Å²) in [6.07, 6.45) is -4.57. The van der Waals surface area contributed by atoms with Crippen LogP contribution in [0.25, 0.3) is 0 Å². The van der Waals surface area contributed by atoms with Gasteiger partial charge in [0.05, 0.1) is 72.5 Å². The number of piperazine rings is 1. The van der Waals surface area contributed by atoms with Gasteiger partial charge in [-0.15, -0.1) is 13.2 Å². The van der Waals surface area contributed by atoms with E-state index in [2.05, 4.69) is 14.5 Å². The maximum Gasteiger partial charge on any atom is 0.573 e. The molecule has 0 aliphatic carbocycles. The Bertz CT molecular complexity index is 1280. The molecule has 1 aliphatic rings. The number of nitrogens with zero attached hydrogens (tertiary/aromatic N) is 2. The molecule has 1 saturated heterocycles. The summed E-state index contributed by atoms with van der Waals surface area (Å²) in [4.78, 5) is 16.5. The van der Waals surface area contributed by atoms with E-state index >= 15 is 0 Å². The number of benzene rings is 2. The molecule has 2 aromatic rings. The third-order valence-corrected chi connectivity index (χ3v) is 8.29. The van der Waals surface area contributed by atoms with Crippen LogP contribution >= 0.6 is 0 Å². The largest absolute Gasteiger partial charge is 0.573 e. The molecule has 1 fully saturated rings. The van der Waals surface area contributed by atoms with Crippen LogP contribution in [0.15, 0.2) is 54.6 Å². The van der Waals surface area contributed by atoms with Gasteiger partial charge in [-0.3, -0.25) is 13.9 Å². The summed E-state index contributed by atoms with van der Waals surface area (Å²) in [5.41, 5.74) is 1.44. The molecule has 1 unspecified atom stereocenters. The van der Waals surface area contributed by atoms with Crippen LogP contribution in [0.2, 0.25) is 0 Å². The zero-order valence-corrected chi connectivity index (χ0v) is 27.9. The average Bonchev–Trinajstić information content (AvgIpc) is 3.04. The predicted octanol–water partition coefficient (Wildman–Crippen LogP) is 3.64. The van der Waals surface area contributed by atoms with Gasteiger partial charge in [0.25, 0.3) is 10.1 Å². The van der Waals surface area contributed by atoms with Crippen LogP contribution in [0, 0.1) is 0 Å². The molecule has 12 nitrogen and oxygen atoms in total. The fourth-order valence-electron chi connectivity index (χ4n) is 4.83. The molecule has 0 amide bonds. The van der Waals surface area contributed by atoms with Crippen LogP contribution in [0.3, 0.4) is 0 Å². The summed E-state index contributed by atoms with van der Waals surface area (Å²) in [7, 11) is -3.68. The monoisotopic (exact) mass is 706 g/mol. The molecule has 270 valence electrons. The van der Waals surface area contributed by atoms with E-state index in [1.807, 2.05) is 6.07 Å². The van der Waals surface area contributed by atoms with E-state index in [9.17, 15) is 26.4 Å². The average molecular weight is 707 g/mol. The minimum atomic E-state index is -4.74. The van der Waals surface area contributed by atoms with Gasteiger partial charge in [-0.05, 0) is 36.8 Å². The van der Waals surface area contributed by atoms with E-state index in [1.165, 1.54) is 12.1 Å². The SMILES string of the molecule is CCOC(=O)CC(COCCOCCOCCOCCOS(=O)(=O)Cc1ccccc1)N1CCN(c2ccc(OC(F)(F)F)cc2)CC1. The normalized spacial score (nSPS) is 15.0. The minimum absolute atomic E-state index is 0.0727. The Labute approximate surface area is 280 Å². The van der Waals surface area contributed by atoms with Crippen molar-refractivity contribution in [2.75, 3.05) is 97.1 Å². The van der Waals surface area contributed by atoms with Crippen LogP contribution in [0.1, 0.15) is 18.9 Å². The molecule has 1 atom stereocenters. The highest BCUT2D eigenvalue weighted by molar-refractivity contribution is 7.85. The van der Waals surface area contributed by atoms with E-state index in [1.54, 1.807) is 43.3 Å². The van der Waals surface area contributed by atoms with E-state index in [0.717, 1.165) is 5.69 Å². The van der Waals surface area contributed by atoms with Gasteiger partial charge in [0.15, 0.2) is 0 Å². The topological polar surface area (TPSA) is 122 Å². The van der Waals surface area contributed by atoms with Gasteiger partial charge in [0.2, 0.25) is 0 Å². The quantitative estimate of drug-likeness (QED) is 0.0953. The smallest absolute Gasteiger partial charge is 0.466 e. The lowest BCUT2D eigenvalue weighted by molar-refractivity contribution is -0.274. The van der Waals surface area contributed by atoms with Crippen LogP contribution < -0.4 is 9.64 Å². The number of rotatable bonds is 23. The van der Waals surface area contributed by atoms with Crippen molar-refractivity contribution in [3.63, 3.8) is 0 Å². The van der Waals surface area contributed by atoms with E-state index in [-0.39, 0.29) is 56.4 Å². The molecule has 16 heteroatoms. The molecule has 1 aliphatic heterocycles. The molecular weight excluding hydrogens is 661 g/mol. The molecule has 0 spiro atoms. The van der Waals surface area contributed by atoms with Crippen molar-refractivity contribution in [3.05, 3.63) is 60.2 Å². The highest BCUT2D eigenvalue weighted by atomic mass is 32.2. The Morgan fingerprint density at radius 1 is 0.792 bits per heavy atom. The Kier molecular flexibility index (Phi) is 17.4. The zero-order chi connectivity index (χ0) is 34.7. The summed E-state index contributed by atoms with van der Waals surface area (Å²) >= 11 is 0. The van der Waals surface area contributed by atoms with E-state index < -0.39 is 16.5 Å². The summed E-state index contributed by atoms with van der Waals surface area (Å²) in [6.45, 7) is 6.84. The zero-order valence-electron chi connectivity index (χ0n) is 27.1. The summed E-state index contributed by atoms with van der Waals surface area (Å²) in [6, 6.07) is 14.4. The first-order chi connectivity index (χ1) is 23.0. The van der Waals surface area contributed by atoms with Gasteiger partial charge in [0.1, 0.15) is 11.5 Å². The second-order valence-electron chi connectivity index (χ2n) is 10.6. The number of alkyl halides is 3. The Morgan fingerprint density at radius 2 is 1.35 bits per heavy atom. The molecule has 1 heterocycles. The lowest BCUT2D eigenvalue weighted by Crippen LogP contribution is -2.52. The first-order valence-corrected chi connectivity index (χ1v) is 17.3. The predicted molar refractivity (Wildman–Crippen MR) is 170 cm³/mol. The van der Waals surface area contributed by atoms with E-state index in [4.69, 9.17) is 27.9 Å². The second kappa shape index (κ2) is 21.2. The van der Waals surface area contributed by atoms with Crippen LogP contribution in [0.4, 0.5) is 18.9 Å². The van der Waals surface area contributed by atoms with Crippen LogP contribution in [-0.4, -0.2) is 124 Å². The lowest BCUT2D eigenvalue weighted by atomic mass is 10.1. The van der Waals surface area contributed by atoms with Gasteiger partial charge < -0.3 is 33.3 Å². The van der Waals surface area contributed by atoms with Crippen molar-refractivity contribution in [1.29, 1.82) is 0 Å². The molecule has 2 aromatic carbocycles. The first-order valence-electron chi connectivity index (χ1n) is 15.8. The van der Waals surface area contributed by atoms with Gasteiger partial charge >= 0.3 is 12.3 Å². The van der Waals surface area contributed by atoms with Gasteiger partial charge in [-0.2, -0.15) is 8.42 Å². The fourth-order valence-corrected chi connectivity index (χ4v) is 5.83. The van der Waals surface area contributed by atoms with Crippen molar-refractivity contribution < 1.29 is 59.0 Å². The highest BCUT2D eigenvalue weighted by Gasteiger charge is 2.31. The third-order valence-electron chi connectivity index (χ3n) is 7.08. The summed E-state index contributed by atoms with van der Waals surface area (Å²) < 4.78 is 97.6. The number of esters is 1. The van der Waals surface area contributed by atoms with Crippen molar-refractivity contribution in [1.82, 2.24) is 4.90 Å². The number of ether oxygens (including phenoxy) is 6. The highest BCUT2D eigenvalue weighted by Crippen LogP contribution is 2.26. The first kappa shape index (κ1) is 39.4. The molecule has 0 aromatic heterocycles. The van der Waals surface area contributed by atoms with Crippen LogP contribution in [0.5, 0.6) is 5.75 Å². The van der Waals surface area contributed by atoms with Crippen molar-refractivity contribution in [2.45, 2.75) is 31.5 Å². The van der Waals surface area contributed by atoms with Gasteiger partial charge in [0, 0.05) is 37.9 Å². The molecule has 48 heavy (non-hydrogen) atoms.